The fourth-order valence-corrected chi connectivity index (χ4v) is 2.63. The third kappa shape index (κ3) is 4.84. The van der Waals surface area contributed by atoms with Crippen molar-refractivity contribution in [1.29, 1.82) is 0 Å². The predicted octanol–water partition coefficient (Wildman–Crippen LogP) is 3.65. The molecule has 0 atom stereocenters. The molecule has 0 spiro atoms. The second kappa shape index (κ2) is 7.06. The lowest BCUT2D eigenvalue weighted by Gasteiger charge is -2.34. The molecule has 2 nitrogen and oxygen atoms in total. The van der Waals surface area contributed by atoms with Crippen molar-refractivity contribution in [3.05, 3.63) is 35.1 Å². The highest BCUT2D eigenvalue weighted by Crippen LogP contribution is 2.36. The van der Waals surface area contributed by atoms with Gasteiger partial charge in [0, 0.05) is 11.1 Å². The van der Waals surface area contributed by atoms with Crippen LogP contribution in [0.1, 0.15) is 50.7 Å². The van der Waals surface area contributed by atoms with E-state index in [0.717, 1.165) is 25.7 Å². The van der Waals surface area contributed by atoms with Crippen molar-refractivity contribution in [2.75, 3.05) is 6.61 Å². The zero-order chi connectivity index (χ0) is 15.3. The molecule has 0 radical (unpaired) electrons. The molecule has 114 valence electrons. The molecule has 1 aliphatic carbocycles. The number of aliphatic hydroxyl groups excluding tert-OH is 1. The third-order valence-electron chi connectivity index (χ3n) is 4.13. The normalized spacial score (nSPS) is 18.1. The number of rotatable bonds is 3. The van der Waals surface area contributed by atoms with Gasteiger partial charge in [0.2, 0.25) is 0 Å². The van der Waals surface area contributed by atoms with Crippen LogP contribution in [-0.2, 0) is 11.3 Å². The Morgan fingerprint density at radius 2 is 2.05 bits per heavy atom. The van der Waals surface area contributed by atoms with Gasteiger partial charge >= 0.3 is 0 Å². The van der Waals surface area contributed by atoms with Crippen LogP contribution in [0.2, 0.25) is 0 Å². The Hall–Kier alpha value is -1.37. The van der Waals surface area contributed by atoms with Crippen molar-refractivity contribution >= 4 is 0 Å². The maximum Gasteiger partial charge on any atom is 0.129 e. The van der Waals surface area contributed by atoms with Gasteiger partial charge in [-0.1, -0.05) is 31.8 Å². The van der Waals surface area contributed by atoms with Crippen molar-refractivity contribution in [2.24, 2.45) is 5.41 Å². The van der Waals surface area contributed by atoms with Gasteiger partial charge < -0.3 is 9.84 Å². The third-order valence-corrected chi connectivity index (χ3v) is 4.13. The highest BCUT2D eigenvalue weighted by Gasteiger charge is 2.27. The van der Waals surface area contributed by atoms with Crippen molar-refractivity contribution in [3.8, 4) is 11.8 Å². The van der Waals surface area contributed by atoms with Gasteiger partial charge in [-0.15, -0.1) is 0 Å². The van der Waals surface area contributed by atoms with Crippen LogP contribution >= 0.6 is 0 Å². The van der Waals surface area contributed by atoms with Crippen LogP contribution in [0.25, 0.3) is 0 Å². The first-order chi connectivity index (χ1) is 10.00. The van der Waals surface area contributed by atoms with Gasteiger partial charge in [0.25, 0.3) is 0 Å². The molecule has 1 aromatic carbocycles. The summed E-state index contributed by atoms with van der Waals surface area (Å²) in [7, 11) is 0. The van der Waals surface area contributed by atoms with Gasteiger partial charge in [0.15, 0.2) is 0 Å². The lowest BCUT2D eigenvalue weighted by molar-refractivity contribution is -0.00659. The molecule has 21 heavy (non-hydrogen) atoms. The van der Waals surface area contributed by atoms with E-state index in [4.69, 9.17) is 9.84 Å². The molecule has 0 saturated heterocycles. The molecule has 0 bridgehead atoms. The van der Waals surface area contributed by atoms with E-state index >= 15 is 0 Å². The van der Waals surface area contributed by atoms with Crippen LogP contribution in [0, 0.1) is 23.1 Å². The lowest BCUT2D eigenvalue weighted by Crippen LogP contribution is -2.26. The topological polar surface area (TPSA) is 29.5 Å². The summed E-state index contributed by atoms with van der Waals surface area (Å²) >= 11 is 0. The van der Waals surface area contributed by atoms with Crippen molar-refractivity contribution in [3.63, 3.8) is 0 Å². The zero-order valence-electron chi connectivity index (χ0n) is 12.8. The Morgan fingerprint density at radius 1 is 1.33 bits per heavy atom. The summed E-state index contributed by atoms with van der Waals surface area (Å²) in [6, 6.07) is 4.86. The zero-order valence-corrected chi connectivity index (χ0v) is 12.8. The van der Waals surface area contributed by atoms with Crippen LogP contribution in [-0.4, -0.2) is 17.8 Å². The quantitative estimate of drug-likeness (QED) is 0.861. The van der Waals surface area contributed by atoms with Gasteiger partial charge in [0.1, 0.15) is 12.4 Å². The molecule has 0 aromatic heterocycles. The minimum absolute atomic E-state index is 0.218. The minimum atomic E-state index is -0.295. The number of hydrogen-bond acceptors (Lipinski definition) is 2. The molecule has 2 rings (SSSR count). The Bertz CT molecular complexity index is 530. The second-order valence-corrected chi connectivity index (χ2v) is 6.44. The Balaban J connectivity index is 1.89. The van der Waals surface area contributed by atoms with E-state index in [-0.39, 0.29) is 18.5 Å². The summed E-state index contributed by atoms with van der Waals surface area (Å²) < 4.78 is 19.8. The molecule has 0 aliphatic heterocycles. The molecule has 1 N–H and O–H groups in total. The highest BCUT2D eigenvalue weighted by molar-refractivity contribution is 5.36. The molecule has 0 heterocycles. The van der Waals surface area contributed by atoms with Crippen LogP contribution < -0.4 is 0 Å². The molecule has 0 unspecified atom stereocenters. The molecular formula is C18H23FO2. The molecule has 0 amide bonds. The summed E-state index contributed by atoms with van der Waals surface area (Å²) in [5, 5.41) is 8.63. The van der Waals surface area contributed by atoms with Gasteiger partial charge in [-0.2, -0.15) is 0 Å². The van der Waals surface area contributed by atoms with Crippen LogP contribution in [0.15, 0.2) is 18.2 Å². The Kier molecular flexibility index (Phi) is 5.39. The molecule has 1 saturated carbocycles. The van der Waals surface area contributed by atoms with Crippen LogP contribution in [0.3, 0.4) is 0 Å². The monoisotopic (exact) mass is 290 g/mol. The standard InChI is InChI=1S/C18H23FO2/c1-18(2)9-7-16(8-10-18)21-13-15-6-5-14(4-3-11-20)12-17(15)19/h5-6,12,16,20H,7-11,13H2,1-2H3. The van der Waals surface area contributed by atoms with Crippen LogP contribution in [0.5, 0.6) is 0 Å². The minimum Gasteiger partial charge on any atom is -0.384 e. The van der Waals surface area contributed by atoms with E-state index in [2.05, 4.69) is 25.7 Å². The number of aliphatic hydroxyl groups is 1. The first-order valence-electron chi connectivity index (χ1n) is 7.50. The number of halogens is 1. The largest absolute Gasteiger partial charge is 0.384 e. The highest BCUT2D eigenvalue weighted by atomic mass is 19.1. The summed E-state index contributed by atoms with van der Waals surface area (Å²) in [5.41, 5.74) is 1.55. The molecule has 1 aliphatic rings. The molecule has 3 heteroatoms. The number of ether oxygens (including phenoxy) is 1. The first kappa shape index (κ1) is 16.0. The van der Waals surface area contributed by atoms with Crippen molar-refractivity contribution < 1.29 is 14.2 Å². The smallest absolute Gasteiger partial charge is 0.129 e. The van der Waals surface area contributed by atoms with E-state index in [1.54, 1.807) is 12.1 Å². The maximum absolute atomic E-state index is 13.9. The fraction of sp³-hybridized carbons (Fsp3) is 0.556. The number of benzene rings is 1. The van der Waals surface area contributed by atoms with E-state index < -0.39 is 0 Å². The van der Waals surface area contributed by atoms with E-state index in [1.165, 1.54) is 6.07 Å². The Morgan fingerprint density at radius 3 is 2.67 bits per heavy atom. The van der Waals surface area contributed by atoms with Crippen LogP contribution in [0.4, 0.5) is 4.39 Å². The average Bonchev–Trinajstić information content (AvgIpc) is 2.45. The number of hydrogen-bond donors (Lipinski definition) is 1. The summed E-state index contributed by atoms with van der Waals surface area (Å²) in [6.45, 7) is 4.67. The summed E-state index contributed by atoms with van der Waals surface area (Å²) in [4.78, 5) is 0. The fourth-order valence-electron chi connectivity index (χ4n) is 2.63. The van der Waals surface area contributed by atoms with E-state index in [0.29, 0.717) is 23.1 Å². The average molecular weight is 290 g/mol. The van der Waals surface area contributed by atoms with Crippen molar-refractivity contribution in [1.82, 2.24) is 0 Å². The van der Waals surface area contributed by atoms with Gasteiger partial charge in [0.05, 0.1) is 12.7 Å². The van der Waals surface area contributed by atoms with Gasteiger partial charge in [-0.05, 0) is 43.2 Å². The van der Waals surface area contributed by atoms with E-state index in [1.807, 2.05) is 0 Å². The molecular weight excluding hydrogens is 267 g/mol. The van der Waals surface area contributed by atoms with Gasteiger partial charge in [-0.25, -0.2) is 4.39 Å². The van der Waals surface area contributed by atoms with Gasteiger partial charge in [-0.3, -0.25) is 0 Å². The Labute approximate surface area is 126 Å². The molecule has 1 fully saturated rings. The maximum atomic E-state index is 13.9. The lowest BCUT2D eigenvalue weighted by atomic mass is 9.76. The first-order valence-corrected chi connectivity index (χ1v) is 7.50. The summed E-state index contributed by atoms with van der Waals surface area (Å²) in [6.07, 6.45) is 4.67. The van der Waals surface area contributed by atoms with Crippen molar-refractivity contribution in [2.45, 2.75) is 52.2 Å². The SMILES string of the molecule is CC1(C)CCC(OCc2ccc(C#CCO)cc2F)CC1. The predicted molar refractivity (Wildman–Crippen MR) is 81.2 cm³/mol. The van der Waals surface area contributed by atoms with E-state index in [9.17, 15) is 4.39 Å². The second-order valence-electron chi connectivity index (χ2n) is 6.44. The summed E-state index contributed by atoms with van der Waals surface area (Å²) in [5.74, 6) is 4.91. The molecule has 1 aromatic rings.